The number of aromatic amines is 1. The third kappa shape index (κ3) is 2.04. The number of amides is 2. The van der Waals surface area contributed by atoms with E-state index in [2.05, 4.69) is 26.3 Å². The van der Waals surface area contributed by atoms with Crippen LogP contribution in [0.25, 0.3) is 0 Å². The Balaban J connectivity index is 2.45. The molecule has 1 heterocycles. The molecule has 0 aliphatic rings. The van der Waals surface area contributed by atoms with Crippen molar-refractivity contribution >= 4 is 11.8 Å². The number of hydrogen-bond acceptors (Lipinski definition) is 4. The van der Waals surface area contributed by atoms with E-state index < -0.39 is 5.91 Å². The van der Waals surface area contributed by atoms with Crippen LogP contribution in [0.3, 0.4) is 0 Å². The van der Waals surface area contributed by atoms with Crippen molar-refractivity contribution in [2.24, 2.45) is 0 Å². The molecule has 0 unspecified atom stereocenters. The molecule has 1 aromatic rings. The summed E-state index contributed by atoms with van der Waals surface area (Å²) in [5.74, 6) is -0.870. The molecular formula is C5H7N5O2. The van der Waals surface area contributed by atoms with Crippen LogP contribution in [0.5, 0.6) is 0 Å². The first kappa shape index (κ1) is 8.18. The molecule has 0 radical (unpaired) electrons. The monoisotopic (exact) mass is 169 g/mol. The van der Waals surface area contributed by atoms with E-state index in [1.807, 2.05) is 0 Å². The number of rotatable bonds is 1. The van der Waals surface area contributed by atoms with Crippen LogP contribution in [0, 0.1) is 0 Å². The molecule has 0 saturated carbocycles. The zero-order valence-corrected chi connectivity index (χ0v) is 6.29. The first-order chi connectivity index (χ1) is 5.70. The van der Waals surface area contributed by atoms with Gasteiger partial charge in [-0.05, 0) is 0 Å². The fourth-order valence-electron chi connectivity index (χ4n) is 0.520. The highest BCUT2D eigenvalue weighted by molar-refractivity contribution is 5.92. The van der Waals surface area contributed by atoms with Crippen LogP contribution in [-0.4, -0.2) is 27.2 Å². The van der Waals surface area contributed by atoms with E-state index in [1.165, 1.54) is 13.1 Å². The van der Waals surface area contributed by atoms with E-state index in [9.17, 15) is 9.59 Å². The quantitative estimate of drug-likeness (QED) is 0.449. The first-order valence-corrected chi connectivity index (χ1v) is 3.13. The summed E-state index contributed by atoms with van der Waals surface area (Å²) < 4.78 is 0. The summed E-state index contributed by atoms with van der Waals surface area (Å²) in [5, 5.41) is 9.18. The minimum Gasteiger partial charge on any atom is -0.274 e. The van der Waals surface area contributed by atoms with Gasteiger partial charge in [0, 0.05) is 6.92 Å². The van der Waals surface area contributed by atoms with Crippen molar-refractivity contribution in [2.75, 3.05) is 0 Å². The van der Waals surface area contributed by atoms with Gasteiger partial charge in [-0.25, -0.2) is 0 Å². The fourth-order valence-corrected chi connectivity index (χ4v) is 0.520. The Hall–Kier alpha value is -1.92. The molecule has 64 valence electrons. The lowest BCUT2D eigenvalue weighted by molar-refractivity contribution is -0.119. The van der Waals surface area contributed by atoms with Crippen molar-refractivity contribution in [3.8, 4) is 0 Å². The van der Waals surface area contributed by atoms with E-state index in [4.69, 9.17) is 0 Å². The molecule has 7 nitrogen and oxygen atoms in total. The predicted molar refractivity (Wildman–Crippen MR) is 37.7 cm³/mol. The first-order valence-electron chi connectivity index (χ1n) is 3.13. The Morgan fingerprint density at radius 2 is 2.25 bits per heavy atom. The summed E-state index contributed by atoms with van der Waals surface area (Å²) in [6, 6.07) is 0. The van der Waals surface area contributed by atoms with Gasteiger partial charge < -0.3 is 0 Å². The minimum absolute atomic E-state index is 0.115. The highest BCUT2D eigenvalue weighted by Crippen LogP contribution is 1.85. The van der Waals surface area contributed by atoms with Gasteiger partial charge in [-0.1, -0.05) is 0 Å². The SMILES string of the molecule is CC(=O)NNC(=O)c1cn[nH]n1. The number of aromatic nitrogens is 3. The van der Waals surface area contributed by atoms with Crippen LogP contribution in [-0.2, 0) is 4.79 Å². The van der Waals surface area contributed by atoms with Gasteiger partial charge in [0.25, 0.3) is 5.91 Å². The van der Waals surface area contributed by atoms with Crippen LogP contribution in [0.15, 0.2) is 6.20 Å². The maximum atomic E-state index is 11.0. The van der Waals surface area contributed by atoms with Gasteiger partial charge in [0.2, 0.25) is 5.91 Å². The van der Waals surface area contributed by atoms with Crippen LogP contribution in [0.1, 0.15) is 17.4 Å². The number of carbonyl (C=O) groups excluding carboxylic acids is 2. The molecule has 0 atom stereocenters. The van der Waals surface area contributed by atoms with Crippen LogP contribution >= 0.6 is 0 Å². The molecular weight excluding hydrogens is 162 g/mol. The maximum absolute atomic E-state index is 11.0. The molecule has 12 heavy (non-hydrogen) atoms. The second-order valence-corrected chi connectivity index (χ2v) is 1.99. The van der Waals surface area contributed by atoms with Crippen molar-refractivity contribution in [3.05, 3.63) is 11.9 Å². The molecule has 0 saturated heterocycles. The van der Waals surface area contributed by atoms with Gasteiger partial charge in [0.15, 0.2) is 5.69 Å². The van der Waals surface area contributed by atoms with Crippen LogP contribution in [0.2, 0.25) is 0 Å². The Morgan fingerprint density at radius 1 is 1.50 bits per heavy atom. The number of hydrogen-bond donors (Lipinski definition) is 3. The lowest BCUT2D eigenvalue weighted by atomic mass is 10.5. The Morgan fingerprint density at radius 3 is 2.75 bits per heavy atom. The summed E-state index contributed by atoms with van der Waals surface area (Å²) in [4.78, 5) is 21.3. The molecule has 1 rings (SSSR count). The van der Waals surface area contributed by atoms with Gasteiger partial charge in [0.05, 0.1) is 6.20 Å². The van der Waals surface area contributed by atoms with Crippen molar-refractivity contribution in [3.63, 3.8) is 0 Å². The topological polar surface area (TPSA) is 99.8 Å². The number of nitrogens with zero attached hydrogens (tertiary/aromatic N) is 2. The van der Waals surface area contributed by atoms with E-state index in [0.717, 1.165) is 0 Å². The van der Waals surface area contributed by atoms with Crippen molar-refractivity contribution < 1.29 is 9.59 Å². The third-order valence-corrected chi connectivity index (χ3v) is 1.000. The number of hydrazine groups is 1. The molecule has 0 aliphatic heterocycles. The zero-order chi connectivity index (χ0) is 8.97. The molecule has 1 aromatic heterocycles. The highest BCUT2D eigenvalue weighted by Gasteiger charge is 2.07. The van der Waals surface area contributed by atoms with Crippen LogP contribution in [0.4, 0.5) is 0 Å². The van der Waals surface area contributed by atoms with Crippen LogP contribution < -0.4 is 10.9 Å². The maximum Gasteiger partial charge on any atom is 0.291 e. The van der Waals surface area contributed by atoms with Gasteiger partial charge in [0.1, 0.15) is 0 Å². The van der Waals surface area contributed by atoms with Gasteiger partial charge in [-0.3, -0.25) is 20.4 Å². The lowest BCUT2D eigenvalue weighted by Gasteiger charge is -2.00. The van der Waals surface area contributed by atoms with E-state index in [0.29, 0.717) is 0 Å². The fraction of sp³-hybridized carbons (Fsp3) is 0.200. The normalized spacial score (nSPS) is 9.08. The minimum atomic E-state index is -0.515. The number of nitrogens with one attached hydrogen (secondary N) is 3. The highest BCUT2D eigenvalue weighted by atomic mass is 16.2. The molecule has 2 amide bonds. The van der Waals surface area contributed by atoms with Gasteiger partial charge >= 0.3 is 0 Å². The summed E-state index contributed by atoms with van der Waals surface area (Å²) in [6.07, 6.45) is 1.25. The van der Waals surface area contributed by atoms with E-state index >= 15 is 0 Å². The average molecular weight is 169 g/mol. The van der Waals surface area contributed by atoms with E-state index in [1.54, 1.807) is 0 Å². The standard InChI is InChI=1S/C5H7N5O2/c1-3(11)7-9-5(12)4-2-6-10-8-4/h2H,1H3,(H,7,11)(H,9,12)(H,6,8,10). The summed E-state index contributed by atoms with van der Waals surface area (Å²) in [7, 11) is 0. The molecule has 0 bridgehead atoms. The molecule has 0 spiro atoms. The molecule has 0 fully saturated rings. The second kappa shape index (κ2) is 3.46. The largest absolute Gasteiger partial charge is 0.291 e. The van der Waals surface area contributed by atoms with E-state index in [-0.39, 0.29) is 11.6 Å². The predicted octanol–water partition coefficient (Wildman–Crippen LogP) is -1.41. The zero-order valence-electron chi connectivity index (χ0n) is 6.29. The molecule has 7 heteroatoms. The Labute approximate surface area is 67.5 Å². The molecule has 0 aromatic carbocycles. The summed E-state index contributed by atoms with van der Waals surface area (Å²) in [5.41, 5.74) is 4.35. The van der Waals surface area contributed by atoms with Crippen molar-refractivity contribution in [2.45, 2.75) is 6.92 Å². The van der Waals surface area contributed by atoms with Crippen molar-refractivity contribution in [1.29, 1.82) is 0 Å². The second-order valence-electron chi connectivity index (χ2n) is 1.99. The smallest absolute Gasteiger partial charge is 0.274 e. The summed E-state index contributed by atoms with van der Waals surface area (Å²) in [6.45, 7) is 1.28. The number of H-pyrrole nitrogens is 1. The van der Waals surface area contributed by atoms with Gasteiger partial charge in [-0.15, -0.1) is 0 Å². The average Bonchev–Trinajstić information content (AvgIpc) is 2.51. The number of carbonyl (C=O) groups is 2. The van der Waals surface area contributed by atoms with Gasteiger partial charge in [-0.2, -0.15) is 15.4 Å². The Bertz CT molecular complexity index is 280. The molecule has 3 N–H and O–H groups in total. The Kier molecular flexibility index (Phi) is 2.36. The summed E-state index contributed by atoms with van der Waals surface area (Å²) >= 11 is 0. The third-order valence-electron chi connectivity index (χ3n) is 1.000. The lowest BCUT2D eigenvalue weighted by Crippen LogP contribution is -2.40. The van der Waals surface area contributed by atoms with Crippen molar-refractivity contribution in [1.82, 2.24) is 26.3 Å². The molecule has 0 aliphatic carbocycles.